The van der Waals surface area contributed by atoms with Gasteiger partial charge in [-0.15, -0.1) is 0 Å². The Morgan fingerprint density at radius 2 is 2.04 bits per heavy atom. The van der Waals surface area contributed by atoms with E-state index in [-0.39, 0.29) is 18.2 Å². The second-order valence-electron chi connectivity index (χ2n) is 7.18. The number of fused-ring (bicyclic) bond motifs is 5. The highest BCUT2D eigenvalue weighted by Crippen LogP contribution is 2.54. The highest BCUT2D eigenvalue weighted by molar-refractivity contribution is 6.16. The van der Waals surface area contributed by atoms with Gasteiger partial charge < -0.3 is 9.47 Å². The summed E-state index contributed by atoms with van der Waals surface area (Å²) in [7, 11) is 1.66. The zero-order chi connectivity index (χ0) is 18.5. The van der Waals surface area contributed by atoms with E-state index in [9.17, 15) is 9.59 Å². The van der Waals surface area contributed by atoms with Crippen molar-refractivity contribution in [3.05, 3.63) is 47.0 Å². The number of rotatable bonds is 3. The maximum Gasteiger partial charge on any atom is 0.334 e. The number of ether oxygens (including phenoxy) is 2. The monoisotopic (exact) mass is 350 g/mol. The van der Waals surface area contributed by atoms with Crippen LogP contribution in [0, 0.1) is 5.41 Å². The van der Waals surface area contributed by atoms with Crippen LogP contribution in [0.3, 0.4) is 0 Å². The van der Waals surface area contributed by atoms with Crippen LogP contribution >= 0.6 is 0 Å². The van der Waals surface area contributed by atoms with Gasteiger partial charge in [0.1, 0.15) is 11.5 Å². The van der Waals surface area contributed by atoms with Gasteiger partial charge in [0.25, 0.3) is 0 Å². The summed E-state index contributed by atoms with van der Waals surface area (Å²) in [5.74, 6) is 0.582. The minimum atomic E-state index is -0.588. The first-order valence-electron chi connectivity index (χ1n) is 9.03. The molecule has 2 aliphatic rings. The van der Waals surface area contributed by atoms with Crippen molar-refractivity contribution in [2.75, 3.05) is 13.7 Å². The van der Waals surface area contributed by atoms with Crippen LogP contribution in [0.5, 0.6) is 5.75 Å². The lowest BCUT2D eigenvalue weighted by atomic mass is 9.68. The van der Waals surface area contributed by atoms with Crippen molar-refractivity contribution in [3.8, 4) is 5.75 Å². The molecule has 0 heterocycles. The van der Waals surface area contributed by atoms with Gasteiger partial charge in [-0.1, -0.05) is 18.2 Å². The van der Waals surface area contributed by atoms with Gasteiger partial charge in [-0.3, -0.25) is 4.79 Å². The van der Waals surface area contributed by atoms with Crippen molar-refractivity contribution in [3.63, 3.8) is 0 Å². The summed E-state index contributed by atoms with van der Waals surface area (Å²) >= 11 is 0. The van der Waals surface area contributed by atoms with E-state index in [4.69, 9.17) is 9.47 Å². The number of allylic oxidation sites excluding steroid dienone is 1. The molecule has 0 radical (unpaired) electrons. The average Bonchev–Trinajstić information content (AvgIpc) is 2.92. The molecule has 26 heavy (non-hydrogen) atoms. The SMILES string of the molecule is CCOC(=O)C1=C2c3ccc4cc(OC)ccc4c3CCC2(C)C(=O)C1. The lowest BCUT2D eigenvalue weighted by Gasteiger charge is -2.34. The smallest absolute Gasteiger partial charge is 0.334 e. The van der Waals surface area contributed by atoms with E-state index in [0.29, 0.717) is 12.2 Å². The number of hydrogen-bond donors (Lipinski definition) is 0. The zero-order valence-electron chi connectivity index (χ0n) is 15.3. The molecule has 0 saturated carbocycles. The van der Waals surface area contributed by atoms with Crippen molar-refractivity contribution >= 4 is 28.1 Å². The molecule has 0 N–H and O–H groups in total. The molecule has 0 amide bonds. The summed E-state index contributed by atoms with van der Waals surface area (Å²) in [6, 6.07) is 10.1. The zero-order valence-corrected chi connectivity index (χ0v) is 15.3. The van der Waals surface area contributed by atoms with E-state index < -0.39 is 5.41 Å². The van der Waals surface area contributed by atoms with Crippen LogP contribution in [0.1, 0.15) is 37.8 Å². The molecule has 4 rings (SSSR count). The lowest BCUT2D eigenvalue weighted by molar-refractivity contribution is -0.139. The van der Waals surface area contributed by atoms with Gasteiger partial charge in [0.05, 0.1) is 19.1 Å². The Morgan fingerprint density at radius 3 is 2.77 bits per heavy atom. The number of Topliss-reactive ketones (excluding diaryl/α,β-unsaturated/α-hetero) is 1. The van der Waals surface area contributed by atoms with Crippen molar-refractivity contribution in [1.82, 2.24) is 0 Å². The van der Waals surface area contributed by atoms with Gasteiger partial charge in [0.2, 0.25) is 0 Å². The molecule has 2 aromatic rings. The molecule has 0 spiro atoms. The average molecular weight is 350 g/mol. The van der Waals surface area contributed by atoms with Crippen LogP contribution < -0.4 is 4.74 Å². The molecule has 0 bridgehead atoms. The van der Waals surface area contributed by atoms with Gasteiger partial charge in [-0.05, 0) is 66.3 Å². The van der Waals surface area contributed by atoms with Crippen molar-refractivity contribution in [2.24, 2.45) is 5.41 Å². The molecule has 4 nitrogen and oxygen atoms in total. The van der Waals surface area contributed by atoms with Crippen LogP contribution in [0.15, 0.2) is 35.9 Å². The first kappa shape index (κ1) is 16.8. The van der Waals surface area contributed by atoms with E-state index in [1.165, 1.54) is 5.56 Å². The summed E-state index contributed by atoms with van der Waals surface area (Å²) < 4.78 is 10.6. The molecular weight excluding hydrogens is 328 g/mol. The number of carbonyl (C=O) groups excluding carboxylic acids is 2. The Morgan fingerprint density at radius 1 is 1.23 bits per heavy atom. The van der Waals surface area contributed by atoms with Crippen molar-refractivity contribution in [2.45, 2.75) is 33.1 Å². The van der Waals surface area contributed by atoms with Crippen molar-refractivity contribution in [1.29, 1.82) is 0 Å². The van der Waals surface area contributed by atoms with Crippen LogP contribution in [0.2, 0.25) is 0 Å². The summed E-state index contributed by atoms with van der Waals surface area (Å²) in [4.78, 5) is 25.2. The number of aryl methyl sites for hydroxylation is 1. The highest BCUT2D eigenvalue weighted by Gasteiger charge is 2.49. The Balaban J connectivity index is 1.96. The highest BCUT2D eigenvalue weighted by atomic mass is 16.5. The van der Waals surface area contributed by atoms with E-state index in [0.717, 1.165) is 40.5 Å². The second kappa shape index (κ2) is 5.97. The molecule has 2 aromatic carbocycles. The van der Waals surface area contributed by atoms with Crippen LogP contribution in [0.25, 0.3) is 16.3 Å². The molecule has 1 unspecified atom stereocenters. The van der Waals surface area contributed by atoms with Gasteiger partial charge in [0.15, 0.2) is 0 Å². The number of ketones is 1. The Bertz CT molecular complexity index is 970. The van der Waals surface area contributed by atoms with Gasteiger partial charge in [-0.2, -0.15) is 0 Å². The normalized spacial score (nSPS) is 21.6. The van der Waals surface area contributed by atoms with Crippen molar-refractivity contribution < 1.29 is 19.1 Å². The number of methoxy groups -OCH3 is 1. The topological polar surface area (TPSA) is 52.6 Å². The summed E-state index contributed by atoms with van der Waals surface area (Å²) in [5, 5.41) is 2.26. The molecule has 0 aromatic heterocycles. The summed E-state index contributed by atoms with van der Waals surface area (Å²) in [6.45, 7) is 4.07. The lowest BCUT2D eigenvalue weighted by Crippen LogP contribution is -2.29. The molecule has 0 fully saturated rings. The fraction of sp³-hybridized carbons (Fsp3) is 0.364. The Hall–Kier alpha value is -2.62. The third-order valence-corrected chi connectivity index (χ3v) is 5.81. The second-order valence-corrected chi connectivity index (χ2v) is 7.18. The van der Waals surface area contributed by atoms with Gasteiger partial charge in [-0.25, -0.2) is 4.79 Å². The van der Waals surface area contributed by atoms with E-state index in [2.05, 4.69) is 6.07 Å². The standard InChI is InChI=1S/C22H22O4/c1-4-26-21(24)18-12-19(23)22(2)10-9-16-15-8-6-14(25-3)11-13(15)5-7-17(16)20(18)22/h5-8,11H,4,9-10,12H2,1-3H3. The Kier molecular flexibility index (Phi) is 3.87. The van der Waals surface area contributed by atoms with Gasteiger partial charge >= 0.3 is 5.97 Å². The minimum absolute atomic E-state index is 0.121. The summed E-state index contributed by atoms with van der Waals surface area (Å²) in [6.07, 6.45) is 1.72. The number of benzene rings is 2. The van der Waals surface area contributed by atoms with E-state index in [1.54, 1.807) is 14.0 Å². The Labute approximate surface area is 152 Å². The van der Waals surface area contributed by atoms with E-state index >= 15 is 0 Å². The first-order chi connectivity index (χ1) is 12.5. The van der Waals surface area contributed by atoms with Crippen LogP contribution in [-0.4, -0.2) is 25.5 Å². The molecule has 4 heteroatoms. The molecule has 2 aliphatic carbocycles. The fourth-order valence-electron chi connectivity index (χ4n) is 4.41. The molecule has 0 saturated heterocycles. The van der Waals surface area contributed by atoms with Gasteiger partial charge in [0, 0.05) is 12.0 Å². The maximum atomic E-state index is 12.7. The van der Waals surface area contributed by atoms with Crippen LogP contribution in [0.4, 0.5) is 0 Å². The third-order valence-electron chi connectivity index (χ3n) is 5.81. The quantitative estimate of drug-likeness (QED) is 0.783. The third kappa shape index (κ3) is 2.28. The first-order valence-corrected chi connectivity index (χ1v) is 9.03. The molecule has 0 aliphatic heterocycles. The molecule has 1 atom stereocenters. The fourth-order valence-corrected chi connectivity index (χ4v) is 4.41. The molecular formula is C22H22O4. The predicted molar refractivity (Wildman–Crippen MR) is 100 cm³/mol. The number of carbonyl (C=O) groups is 2. The number of hydrogen-bond acceptors (Lipinski definition) is 4. The molecule has 134 valence electrons. The number of esters is 1. The van der Waals surface area contributed by atoms with E-state index in [1.807, 2.05) is 31.2 Å². The predicted octanol–water partition coefficient (Wildman–Crippen LogP) is 4.09. The minimum Gasteiger partial charge on any atom is -0.497 e. The van der Waals surface area contributed by atoms with Crippen LogP contribution in [-0.2, 0) is 20.7 Å². The summed E-state index contributed by atoms with van der Waals surface area (Å²) in [5.41, 5.74) is 3.04. The maximum absolute atomic E-state index is 12.7. The largest absolute Gasteiger partial charge is 0.497 e.